The molecule has 3 fully saturated rings. The molecule has 1 amide bonds. The zero-order valence-electron chi connectivity index (χ0n) is 24.3. The number of aromatic nitrogens is 2. The Morgan fingerprint density at radius 1 is 0.884 bits per heavy atom. The van der Waals surface area contributed by atoms with Gasteiger partial charge in [-0.15, -0.1) is 0 Å². The Kier molecular flexibility index (Phi) is 7.86. The fourth-order valence-corrected chi connectivity index (χ4v) is 6.47. The molecule has 3 aliphatic heterocycles. The first-order chi connectivity index (χ1) is 21.1. The molecule has 3 saturated heterocycles. The number of amides is 1. The van der Waals surface area contributed by atoms with Crippen LogP contribution in [0.15, 0.2) is 60.8 Å². The number of likely N-dealkylation sites (tertiary alicyclic amines) is 1. The molecule has 5 N–H and O–H groups in total. The average molecular weight is 587 g/mol. The lowest BCUT2D eigenvalue weighted by molar-refractivity contribution is -0.655. The van der Waals surface area contributed by atoms with Crippen LogP contribution in [-0.4, -0.2) is 85.6 Å². The van der Waals surface area contributed by atoms with E-state index in [9.17, 15) is 9.18 Å². The van der Waals surface area contributed by atoms with Crippen LogP contribution in [0.2, 0.25) is 0 Å². The number of ether oxygens (including phenoxy) is 2. The summed E-state index contributed by atoms with van der Waals surface area (Å²) in [6.45, 7) is 6.98. The Labute approximate surface area is 250 Å². The molecular weight excluding hydrogens is 547 g/mol. The molecule has 1 aromatic heterocycles. The van der Waals surface area contributed by atoms with Crippen LogP contribution < -0.4 is 25.0 Å². The maximum Gasteiger partial charge on any atom is 0.253 e. The number of nitrogens with two attached hydrogens (primary N) is 2. The van der Waals surface area contributed by atoms with Crippen molar-refractivity contribution in [2.45, 2.75) is 31.5 Å². The van der Waals surface area contributed by atoms with Crippen molar-refractivity contribution in [3.8, 4) is 22.6 Å². The van der Waals surface area contributed by atoms with Crippen molar-refractivity contribution in [1.29, 1.82) is 0 Å². The number of anilines is 1. The number of quaternary nitrogens is 2. The largest absolute Gasteiger partial charge is 0.490 e. The number of aromatic amines is 1. The highest BCUT2D eigenvalue weighted by Gasteiger charge is 2.27. The number of hydrogen-bond donors (Lipinski definition) is 3. The molecule has 3 aromatic carbocycles. The number of hydrogen-bond acceptors (Lipinski definition) is 5. The van der Waals surface area contributed by atoms with Crippen LogP contribution in [0.4, 0.5) is 10.1 Å². The van der Waals surface area contributed by atoms with E-state index in [-0.39, 0.29) is 23.9 Å². The minimum absolute atomic E-state index is 0.00184. The highest BCUT2D eigenvalue weighted by molar-refractivity contribution is 5.96. The van der Waals surface area contributed by atoms with Crippen LogP contribution in [-0.2, 0) is 0 Å². The van der Waals surface area contributed by atoms with Crippen molar-refractivity contribution in [2.75, 3.05) is 57.3 Å². The van der Waals surface area contributed by atoms with Crippen LogP contribution in [0.25, 0.3) is 22.0 Å². The molecule has 4 aromatic rings. The third-order valence-electron chi connectivity index (χ3n) is 8.85. The lowest BCUT2D eigenvalue weighted by atomic mass is 9.99. The predicted octanol–water partition coefficient (Wildman–Crippen LogP) is 2.15. The second-order valence-corrected chi connectivity index (χ2v) is 11.8. The number of piperazine rings is 1. The minimum Gasteiger partial charge on any atom is -0.490 e. The smallest absolute Gasteiger partial charge is 0.253 e. The monoisotopic (exact) mass is 586 g/mol. The van der Waals surface area contributed by atoms with E-state index in [0.29, 0.717) is 37.2 Å². The van der Waals surface area contributed by atoms with Gasteiger partial charge in [-0.1, -0.05) is 12.1 Å². The van der Waals surface area contributed by atoms with E-state index in [1.807, 2.05) is 35.2 Å². The van der Waals surface area contributed by atoms with E-state index in [4.69, 9.17) is 9.47 Å². The average Bonchev–Trinajstić information content (AvgIpc) is 3.73. The molecule has 0 bridgehead atoms. The van der Waals surface area contributed by atoms with Crippen molar-refractivity contribution in [1.82, 2.24) is 15.1 Å². The normalized spacial score (nSPS) is 19.6. The lowest BCUT2D eigenvalue weighted by Crippen LogP contribution is -2.89. The molecule has 0 spiro atoms. The summed E-state index contributed by atoms with van der Waals surface area (Å²) in [5.74, 6) is 1.07. The Balaban J connectivity index is 1.05. The Morgan fingerprint density at radius 2 is 1.74 bits per heavy atom. The topological polar surface area (TPSA) is 104 Å². The summed E-state index contributed by atoms with van der Waals surface area (Å²) in [7, 11) is 0. The number of piperidine rings is 1. The van der Waals surface area contributed by atoms with Crippen LogP contribution >= 0.6 is 0 Å². The van der Waals surface area contributed by atoms with Gasteiger partial charge in [0.15, 0.2) is 6.10 Å². The van der Waals surface area contributed by atoms with Crippen molar-refractivity contribution in [2.24, 2.45) is 0 Å². The van der Waals surface area contributed by atoms with Gasteiger partial charge in [-0.25, -0.2) is 4.39 Å². The first-order valence-electron chi connectivity index (χ1n) is 15.5. The zero-order chi connectivity index (χ0) is 29.2. The van der Waals surface area contributed by atoms with Gasteiger partial charge in [-0.3, -0.25) is 9.89 Å². The van der Waals surface area contributed by atoms with Gasteiger partial charge in [-0.2, -0.15) is 5.10 Å². The molecule has 4 heterocycles. The summed E-state index contributed by atoms with van der Waals surface area (Å²) in [6, 6.07) is 16.9. The van der Waals surface area contributed by atoms with E-state index in [0.717, 1.165) is 79.2 Å². The molecule has 9 nitrogen and oxygen atoms in total. The molecule has 0 aliphatic carbocycles. The maximum absolute atomic E-state index is 14.5. The number of rotatable bonds is 7. The molecular formula is C33H39FN6O3+2. The first-order valence-corrected chi connectivity index (χ1v) is 15.5. The quantitative estimate of drug-likeness (QED) is 0.308. The third-order valence-corrected chi connectivity index (χ3v) is 8.85. The highest BCUT2D eigenvalue weighted by atomic mass is 19.1. The van der Waals surface area contributed by atoms with Crippen molar-refractivity contribution in [3.63, 3.8) is 0 Å². The van der Waals surface area contributed by atoms with Crippen LogP contribution in [0, 0.1) is 5.82 Å². The van der Waals surface area contributed by atoms with Gasteiger partial charge in [0.1, 0.15) is 30.0 Å². The van der Waals surface area contributed by atoms with Gasteiger partial charge in [0.05, 0.1) is 44.4 Å². The summed E-state index contributed by atoms with van der Waals surface area (Å²) < 4.78 is 27.1. The fraction of sp³-hybridized carbons (Fsp3) is 0.394. The number of carbonyl (C=O) groups is 1. The van der Waals surface area contributed by atoms with Gasteiger partial charge < -0.3 is 29.9 Å². The van der Waals surface area contributed by atoms with Crippen molar-refractivity contribution >= 4 is 22.5 Å². The maximum atomic E-state index is 14.5. The standard InChI is InChI=1S/C33H37FN6O3/c34-25-17-26(39-13-9-35-10-14-39)19-29(18-25)42-27-6-11-40(12-7-27)33(41)23-3-4-32(43-28-5-8-36-21-28)30(15-23)22-1-2-24-20-37-38-31(24)16-22/h1-4,15-20,27-28,35-36H,5-14,21H2,(H,37,38)/p+2/t28-/m0/s1. The van der Waals surface area contributed by atoms with Gasteiger partial charge in [0.25, 0.3) is 5.91 Å². The minimum atomic E-state index is -0.282. The zero-order valence-corrected chi connectivity index (χ0v) is 24.3. The highest BCUT2D eigenvalue weighted by Crippen LogP contribution is 2.34. The first kappa shape index (κ1) is 27.7. The SMILES string of the molecule is O=C(c1ccc(O[C@H]2CC[NH2+]C2)c(-c2ccc3cn[nH]c3c2)c1)N1CCC(Oc2cc(F)cc(N3CC[NH2+]CC3)c2)CC1. The van der Waals surface area contributed by atoms with E-state index in [2.05, 4.69) is 37.9 Å². The number of carbonyl (C=O) groups excluding carboxylic acids is 1. The summed E-state index contributed by atoms with van der Waals surface area (Å²) in [6.07, 6.45) is 4.29. The second-order valence-electron chi connectivity index (χ2n) is 11.8. The van der Waals surface area contributed by atoms with Crippen molar-refractivity contribution in [3.05, 3.63) is 72.2 Å². The molecule has 0 radical (unpaired) electrons. The van der Waals surface area contributed by atoms with Gasteiger partial charge in [0.2, 0.25) is 0 Å². The van der Waals surface area contributed by atoms with E-state index in [1.165, 1.54) is 6.07 Å². The molecule has 0 saturated carbocycles. The summed E-state index contributed by atoms with van der Waals surface area (Å²) >= 11 is 0. The van der Waals surface area contributed by atoms with Crippen molar-refractivity contribution < 1.29 is 29.3 Å². The van der Waals surface area contributed by atoms with Crippen LogP contribution in [0.1, 0.15) is 29.6 Å². The molecule has 7 rings (SSSR count). The summed E-state index contributed by atoms with van der Waals surface area (Å²) in [4.78, 5) is 17.8. The molecule has 3 aliphatic rings. The van der Waals surface area contributed by atoms with Gasteiger partial charge in [-0.05, 0) is 35.9 Å². The Hall–Kier alpha value is -4.15. The molecule has 224 valence electrons. The lowest BCUT2D eigenvalue weighted by Gasteiger charge is -2.33. The fourth-order valence-electron chi connectivity index (χ4n) is 6.47. The number of H-pyrrole nitrogens is 1. The summed E-state index contributed by atoms with van der Waals surface area (Å²) in [5, 5.41) is 12.8. The molecule has 0 unspecified atom stereocenters. The van der Waals surface area contributed by atoms with Crippen LogP contribution in [0.5, 0.6) is 11.5 Å². The number of nitrogens with zero attached hydrogens (tertiary/aromatic N) is 3. The van der Waals surface area contributed by atoms with E-state index in [1.54, 1.807) is 12.3 Å². The second kappa shape index (κ2) is 12.2. The van der Waals surface area contributed by atoms with E-state index < -0.39 is 0 Å². The van der Waals surface area contributed by atoms with E-state index >= 15 is 0 Å². The number of nitrogens with one attached hydrogen (secondary N) is 1. The summed E-state index contributed by atoms with van der Waals surface area (Å²) in [5.41, 5.74) is 4.33. The number of fused-ring (bicyclic) bond motifs is 1. The predicted molar refractivity (Wildman–Crippen MR) is 162 cm³/mol. The third kappa shape index (κ3) is 6.16. The Morgan fingerprint density at radius 3 is 2.56 bits per heavy atom. The Bertz CT molecular complexity index is 1590. The van der Waals surface area contributed by atoms with Crippen LogP contribution in [0.3, 0.4) is 0 Å². The molecule has 10 heteroatoms. The number of benzene rings is 3. The van der Waals surface area contributed by atoms with Gasteiger partial charge >= 0.3 is 0 Å². The molecule has 43 heavy (non-hydrogen) atoms. The molecule has 1 atom stereocenters. The van der Waals surface area contributed by atoms with Gasteiger partial charge in [0, 0.05) is 66.7 Å². The number of halogens is 1.